The highest BCUT2D eigenvalue weighted by Crippen LogP contribution is 2.36. The topological polar surface area (TPSA) is 41.5 Å². The van der Waals surface area contributed by atoms with Gasteiger partial charge in [-0.3, -0.25) is 4.79 Å². The molecule has 0 bridgehead atoms. The normalized spacial score (nSPS) is 14.2. The molecule has 126 valence electrons. The molecule has 0 saturated carbocycles. The molecule has 0 radical (unpaired) electrons. The van der Waals surface area contributed by atoms with Gasteiger partial charge in [-0.15, -0.1) is 0 Å². The number of amides is 1. The van der Waals surface area contributed by atoms with Crippen LogP contribution in [0.5, 0.6) is 0 Å². The highest BCUT2D eigenvalue weighted by Gasteiger charge is 2.15. The van der Waals surface area contributed by atoms with Gasteiger partial charge in [0.15, 0.2) is 0 Å². The maximum atomic E-state index is 12.0. The number of halogens is 1. The third kappa shape index (κ3) is 4.86. The number of benzene rings is 1. The van der Waals surface area contributed by atoms with E-state index in [2.05, 4.69) is 23.8 Å². The van der Waals surface area contributed by atoms with Crippen molar-refractivity contribution < 1.29 is 4.79 Å². The lowest BCUT2D eigenvalue weighted by atomic mass is 10.2. The first-order valence-corrected chi connectivity index (χ1v) is 9.10. The van der Waals surface area contributed by atoms with Crippen molar-refractivity contribution in [3.63, 3.8) is 0 Å². The van der Waals surface area contributed by atoms with Gasteiger partial charge in [-0.1, -0.05) is 61.5 Å². The number of fused-ring (bicyclic) bond motifs is 1. The smallest absolute Gasteiger partial charge is 0.250 e. The predicted octanol–water partition coefficient (Wildman–Crippen LogP) is 5.04. The first kappa shape index (κ1) is 18.6. The fourth-order valence-electron chi connectivity index (χ4n) is 2.08. The van der Waals surface area contributed by atoms with E-state index in [9.17, 15) is 4.79 Å². The number of unbranched alkanes of at least 4 members (excludes halogenated alkanes) is 1. The van der Waals surface area contributed by atoms with Crippen molar-refractivity contribution in [2.24, 2.45) is 4.99 Å². The number of allylic oxidation sites excluding steroid dienone is 2. The number of aliphatic imine (C=N–C) groups is 1. The lowest BCUT2D eigenvalue weighted by Crippen LogP contribution is -2.24. The first-order chi connectivity index (χ1) is 11.5. The van der Waals surface area contributed by atoms with E-state index in [1.807, 2.05) is 37.3 Å². The number of carbonyl (C=O) groups excluding carboxylic acids is 1. The maximum absolute atomic E-state index is 12.0. The summed E-state index contributed by atoms with van der Waals surface area (Å²) in [5.41, 5.74) is 2.17. The Balaban J connectivity index is 2.13. The van der Waals surface area contributed by atoms with Gasteiger partial charge < -0.3 is 5.32 Å². The molecule has 1 amide bonds. The van der Waals surface area contributed by atoms with Crippen LogP contribution in [0.1, 0.15) is 32.3 Å². The molecule has 3 nitrogen and oxygen atoms in total. The molecule has 1 N–H and O–H groups in total. The highest BCUT2D eigenvalue weighted by atomic mass is 35.5. The lowest BCUT2D eigenvalue weighted by Gasteiger charge is -2.06. The van der Waals surface area contributed by atoms with E-state index in [0.717, 1.165) is 33.9 Å². The second-order valence-corrected chi connectivity index (χ2v) is 6.86. The van der Waals surface area contributed by atoms with Crippen LogP contribution in [0.3, 0.4) is 0 Å². The van der Waals surface area contributed by atoms with E-state index in [0.29, 0.717) is 17.3 Å². The average molecular weight is 361 g/mol. The zero-order valence-electron chi connectivity index (χ0n) is 13.9. The Morgan fingerprint density at radius 2 is 2.17 bits per heavy atom. The van der Waals surface area contributed by atoms with Crippen LogP contribution in [-0.4, -0.2) is 17.6 Å². The Bertz CT molecular complexity index is 735. The number of hydrogen-bond donors (Lipinski definition) is 1. The van der Waals surface area contributed by atoms with Crippen LogP contribution in [0, 0.1) is 0 Å². The predicted molar refractivity (Wildman–Crippen MR) is 104 cm³/mol. The quantitative estimate of drug-likeness (QED) is 0.438. The average Bonchev–Trinajstić information content (AvgIpc) is 2.69. The Labute approximate surface area is 152 Å². The molecule has 1 heterocycles. The van der Waals surface area contributed by atoms with Crippen LogP contribution in [0.2, 0.25) is 0 Å². The van der Waals surface area contributed by atoms with Crippen LogP contribution < -0.4 is 5.32 Å². The third-order valence-corrected chi connectivity index (χ3v) is 5.01. The molecule has 0 aromatic heterocycles. The van der Waals surface area contributed by atoms with Gasteiger partial charge in [-0.05, 0) is 31.6 Å². The summed E-state index contributed by atoms with van der Waals surface area (Å²) in [4.78, 5) is 18.4. The number of thioether (sulfide) groups is 1. The first-order valence-electron chi connectivity index (χ1n) is 7.90. The summed E-state index contributed by atoms with van der Waals surface area (Å²) in [7, 11) is 0. The minimum Gasteiger partial charge on any atom is -0.352 e. The molecule has 1 aliphatic heterocycles. The zero-order chi connectivity index (χ0) is 17.5. The molecule has 1 aliphatic rings. The third-order valence-electron chi connectivity index (χ3n) is 3.50. The fraction of sp³-hybridized carbons (Fsp3) is 0.263. The van der Waals surface area contributed by atoms with Crippen LogP contribution >= 0.6 is 23.4 Å². The summed E-state index contributed by atoms with van der Waals surface area (Å²) in [6, 6.07) is 7.87. The summed E-state index contributed by atoms with van der Waals surface area (Å²) in [5.74, 6) is -0.140. The molecule has 24 heavy (non-hydrogen) atoms. The van der Waals surface area contributed by atoms with Crippen molar-refractivity contribution >= 4 is 34.4 Å². The molecule has 1 aromatic rings. The van der Waals surface area contributed by atoms with E-state index >= 15 is 0 Å². The number of rotatable bonds is 6. The highest BCUT2D eigenvalue weighted by molar-refractivity contribution is 8.03. The standard InChI is InChI=1S/C19H21ClN2OS/c1-4-5-12-21-19(23)13(2)10-11-16-14(3)22-18(20)15-8-6-7-9-17(15)24-16/h6-11H,2,4-5,12H2,1,3H3,(H,21,23)/b11-10-. The Morgan fingerprint density at radius 3 is 2.92 bits per heavy atom. The van der Waals surface area contributed by atoms with Crippen molar-refractivity contribution in [1.29, 1.82) is 0 Å². The van der Waals surface area contributed by atoms with Crippen molar-refractivity contribution in [2.45, 2.75) is 31.6 Å². The molecule has 0 aliphatic carbocycles. The minimum atomic E-state index is -0.140. The molecular formula is C19H21ClN2OS. The van der Waals surface area contributed by atoms with E-state index in [1.165, 1.54) is 0 Å². The Kier molecular flexibility index (Phi) is 6.88. The van der Waals surface area contributed by atoms with Gasteiger partial charge in [0.25, 0.3) is 5.91 Å². The number of nitrogens with zero attached hydrogens (tertiary/aromatic N) is 1. The Hall–Kier alpha value is -1.78. The summed E-state index contributed by atoms with van der Waals surface area (Å²) in [6.45, 7) is 8.50. The van der Waals surface area contributed by atoms with Crippen LogP contribution in [0.15, 0.2) is 69.1 Å². The van der Waals surface area contributed by atoms with Gasteiger partial charge >= 0.3 is 0 Å². The number of nitrogens with one attached hydrogen (secondary N) is 1. The molecule has 0 spiro atoms. The van der Waals surface area contributed by atoms with Gasteiger partial charge in [0.1, 0.15) is 5.17 Å². The van der Waals surface area contributed by atoms with Gasteiger partial charge in [0.2, 0.25) is 0 Å². The van der Waals surface area contributed by atoms with E-state index in [4.69, 9.17) is 11.6 Å². The van der Waals surface area contributed by atoms with Crippen LogP contribution in [-0.2, 0) is 4.79 Å². The van der Waals surface area contributed by atoms with E-state index in [-0.39, 0.29) is 5.91 Å². The van der Waals surface area contributed by atoms with Crippen LogP contribution in [0.4, 0.5) is 0 Å². The van der Waals surface area contributed by atoms with Crippen molar-refractivity contribution in [2.75, 3.05) is 6.54 Å². The number of carbonyl (C=O) groups is 1. The minimum absolute atomic E-state index is 0.140. The van der Waals surface area contributed by atoms with Gasteiger partial charge in [-0.25, -0.2) is 4.99 Å². The van der Waals surface area contributed by atoms with Gasteiger partial charge in [0.05, 0.1) is 5.70 Å². The van der Waals surface area contributed by atoms with Gasteiger partial charge in [-0.2, -0.15) is 0 Å². The molecule has 0 atom stereocenters. The van der Waals surface area contributed by atoms with Crippen LogP contribution in [0.25, 0.3) is 0 Å². The SMILES string of the molecule is C=C(/C=C\C1=C(C)N=C(Cl)c2ccccc2S1)C(=O)NCCCC. The molecule has 5 heteroatoms. The van der Waals surface area contributed by atoms with E-state index < -0.39 is 0 Å². The second-order valence-electron chi connectivity index (χ2n) is 5.42. The molecule has 0 saturated heterocycles. The zero-order valence-corrected chi connectivity index (χ0v) is 15.5. The summed E-state index contributed by atoms with van der Waals surface area (Å²) < 4.78 is 0. The molecular weight excluding hydrogens is 340 g/mol. The number of hydrogen-bond acceptors (Lipinski definition) is 3. The Morgan fingerprint density at radius 1 is 1.42 bits per heavy atom. The largest absolute Gasteiger partial charge is 0.352 e. The molecule has 1 aromatic carbocycles. The van der Waals surface area contributed by atoms with Gasteiger partial charge in [0, 0.05) is 27.5 Å². The molecule has 0 fully saturated rings. The lowest BCUT2D eigenvalue weighted by molar-refractivity contribution is -0.117. The fourth-order valence-corrected chi connectivity index (χ4v) is 3.41. The van der Waals surface area contributed by atoms with Crippen molar-refractivity contribution in [1.82, 2.24) is 5.32 Å². The monoisotopic (exact) mass is 360 g/mol. The summed E-state index contributed by atoms with van der Waals surface area (Å²) in [6.07, 6.45) is 5.61. The molecule has 2 rings (SSSR count). The molecule has 0 unspecified atom stereocenters. The van der Waals surface area contributed by atoms with Crippen molar-refractivity contribution in [3.05, 3.63) is 64.7 Å². The second kappa shape index (κ2) is 8.90. The van der Waals surface area contributed by atoms with E-state index in [1.54, 1.807) is 17.8 Å². The summed E-state index contributed by atoms with van der Waals surface area (Å²) >= 11 is 7.88. The van der Waals surface area contributed by atoms with Crippen molar-refractivity contribution in [3.8, 4) is 0 Å². The maximum Gasteiger partial charge on any atom is 0.250 e. The summed E-state index contributed by atoms with van der Waals surface area (Å²) in [5, 5.41) is 3.34.